The van der Waals surface area contributed by atoms with E-state index in [2.05, 4.69) is 437 Å². The summed E-state index contributed by atoms with van der Waals surface area (Å²) < 4.78 is 0. The minimum atomic E-state index is 0.109. The number of hydrogen-bond acceptors (Lipinski definition) is 34. The van der Waals surface area contributed by atoms with E-state index in [0.29, 0.717) is 116 Å². The topological polar surface area (TPSA) is 584 Å². The fourth-order valence-corrected chi connectivity index (χ4v) is 16.0. The second kappa shape index (κ2) is 47.8. The molecule has 0 bridgehead atoms. The summed E-state index contributed by atoms with van der Waals surface area (Å²) in [6, 6.07) is 2.20. The molecule has 0 aliphatic rings. The smallest absolute Gasteiger partial charge is 0.226 e. The maximum atomic E-state index is 5.94. The molecule has 0 saturated carbocycles. The molecule has 2 unspecified atom stereocenters. The van der Waals surface area contributed by atoms with Crippen LogP contribution in [0, 0.1) is 55.2 Å². The van der Waals surface area contributed by atoms with Crippen LogP contribution in [-0.4, -0.2) is 208 Å². The number of hydrogen-bond donors (Lipinski definition) is 18. The zero-order valence-electron chi connectivity index (χ0n) is 88.7. The maximum Gasteiger partial charge on any atom is 0.226 e. The Labute approximate surface area is 865 Å². The van der Waals surface area contributed by atoms with E-state index in [1.54, 1.807) is 50.6 Å². The molecule has 42 nitrogen and oxygen atoms in total. The number of halogens is 6. The van der Waals surface area contributed by atoms with Gasteiger partial charge in [-0.25, -0.2) is 39.9 Å². The first-order valence-electron chi connectivity index (χ1n) is 47.7. The van der Waals surface area contributed by atoms with E-state index in [0.717, 1.165) is 69.2 Å². The highest BCUT2D eigenvalue weighted by Crippen LogP contribution is 2.37. The molecule has 0 aliphatic carbocycles. The number of anilines is 10. The molecule has 0 radical (unpaired) electrons. The van der Waals surface area contributed by atoms with E-state index in [1.807, 2.05) is 0 Å². The average Bonchev–Trinajstić information content (AvgIpc) is 1.71. The third kappa shape index (κ3) is 32.1. The summed E-state index contributed by atoms with van der Waals surface area (Å²) in [4.78, 5) is 123. The van der Waals surface area contributed by atoms with Gasteiger partial charge in [-0.15, -0.1) is 0 Å². The summed E-state index contributed by atoms with van der Waals surface area (Å²) in [7, 11) is 0. The van der Waals surface area contributed by atoms with Gasteiger partial charge in [0.15, 0.2) is 91.7 Å². The molecule has 0 spiro atoms. The minimum absolute atomic E-state index is 0.109. The zero-order chi connectivity index (χ0) is 106. The normalized spacial score (nSPS) is 13.9. The van der Waals surface area contributed by atoms with Crippen LogP contribution in [0.15, 0.2) is 50.6 Å². The molecular formula is C95H146Cl6N42. The Kier molecular flexibility index (Phi) is 38.3. The molecular weight excluding hydrogens is 1940 g/mol. The van der Waals surface area contributed by atoms with Crippen LogP contribution >= 0.6 is 69.6 Å². The van der Waals surface area contributed by atoms with E-state index in [4.69, 9.17) is 81.1 Å². The Hall–Kier alpha value is -11.9. The number of fused-ring (bicyclic) bond motifs is 8. The predicted octanol–water partition coefficient (Wildman–Crippen LogP) is 23.1. The van der Waals surface area contributed by atoms with Gasteiger partial charge in [0.25, 0.3) is 0 Å². The lowest BCUT2D eigenvalue weighted by molar-refractivity contribution is 0.280. The molecule has 8 atom stereocenters. The molecule has 16 heterocycles. The quantitative estimate of drug-likeness (QED) is 0.0297. The number of nitrogen functional groups attached to an aromatic ring is 2. The monoisotopic (exact) mass is 2090 g/mol. The average molecular weight is 2090 g/mol. The van der Waals surface area contributed by atoms with Crippen LogP contribution in [0.25, 0.3) is 89.3 Å². The lowest BCUT2D eigenvalue weighted by Crippen LogP contribution is -2.38. The molecule has 20 N–H and O–H groups in total. The Bertz CT molecular complexity index is 6180. The van der Waals surface area contributed by atoms with Gasteiger partial charge in [0, 0.05) is 48.3 Å². The first-order chi connectivity index (χ1) is 66.4. The van der Waals surface area contributed by atoms with Crippen LogP contribution in [0.4, 0.5) is 58.4 Å². The lowest BCUT2D eigenvalue weighted by atomic mass is 9.80. The number of nitrogens with two attached hydrogens (primary N) is 2. The largest absolute Gasteiger partial charge is 0.368 e. The van der Waals surface area contributed by atoms with Gasteiger partial charge in [-0.2, -0.15) is 79.7 Å². The molecule has 0 saturated heterocycles. The zero-order valence-corrected chi connectivity index (χ0v) is 93.2. The standard InChI is InChI=1S/2C13H20ClN5.2C12H18ClN5.C12H20N6.2C11H16ClN5.C11H18N6/c2*1-7(2)9(13(3,4)5)17-11-8-10(16-6-15-8)18-12(14)19-11;3*1-5-7(12(2,3)4)16-10-8-9(15-6-14-8)17-11(13)18-10;3*1-6(11(2,3)4)15-9-7-8(14-5-13-7)16-10(12)17-9/h2*6-7,9H,1-5H3,(H2,15,16,17,18,19);2*6-7H,5H2,1-4H3,(H2,14,15,16,17,18);6-7H,5H2,1-4H3,(H4,13,14,15,16,17,18);2*5-6H,1-4H3,(H2,13,14,15,16,17);5-6H,1-4H3,(H4,12,13,14,15,16,17)/t2*9-;2*7-;;2*6-;/m1010.10./s1. The molecule has 778 valence electrons. The van der Waals surface area contributed by atoms with Crippen LogP contribution in [0.1, 0.15) is 255 Å². The summed E-state index contributed by atoms with van der Waals surface area (Å²) in [5.41, 5.74) is 23.4. The van der Waals surface area contributed by atoms with Crippen molar-refractivity contribution in [2.75, 3.05) is 54.0 Å². The van der Waals surface area contributed by atoms with E-state index < -0.39 is 0 Å². The summed E-state index contributed by atoms with van der Waals surface area (Å²) >= 11 is 35.4. The van der Waals surface area contributed by atoms with Crippen LogP contribution in [0.2, 0.25) is 31.7 Å². The van der Waals surface area contributed by atoms with Gasteiger partial charge in [-0.3, -0.25) is 0 Å². The van der Waals surface area contributed by atoms with Gasteiger partial charge >= 0.3 is 0 Å². The minimum Gasteiger partial charge on any atom is -0.368 e. The Morgan fingerprint density at radius 2 is 0.385 bits per heavy atom. The van der Waals surface area contributed by atoms with E-state index >= 15 is 0 Å². The van der Waals surface area contributed by atoms with Gasteiger partial charge < -0.3 is 93.9 Å². The summed E-state index contributed by atoms with van der Waals surface area (Å²) in [5, 5.41) is 28.5. The number of imidazole rings is 8. The van der Waals surface area contributed by atoms with Crippen molar-refractivity contribution in [2.24, 2.45) is 55.2 Å². The lowest BCUT2D eigenvalue weighted by Gasteiger charge is -2.35. The fourth-order valence-electron chi connectivity index (χ4n) is 15.0. The number of nitrogens with one attached hydrogen (secondary N) is 16. The SMILES string of the molecule is CC(C)[C@@H](Nc1nc(Cl)nc2nc[nH]c12)C(C)(C)C.CC(C)[C@H](Nc1nc(Cl)nc2nc[nH]c12)C(C)(C)C.CC(Nc1nc(N)nc2nc[nH]c12)C(C)(C)C.CCC(Nc1nc(N)nc2nc[nH]c12)C(C)(C)C.CC[C@@H](Nc1nc(Cl)nc2nc[nH]c12)C(C)(C)C.CC[C@H](Nc1nc(Cl)nc2nc[nH]c12)C(C)(C)C.C[C@@H](Nc1nc(Cl)nc2nc[nH]c12)C(C)(C)C.C[C@H](Nc1nc(Cl)nc2nc[nH]c12)C(C)(C)C. The fraction of sp³-hybridized carbons (Fsp3) is 0.579. The van der Waals surface area contributed by atoms with Crippen molar-refractivity contribution in [1.29, 1.82) is 0 Å². The number of aromatic amines is 8. The van der Waals surface area contributed by atoms with Crippen molar-refractivity contribution < 1.29 is 0 Å². The van der Waals surface area contributed by atoms with Crippen LogP contribution < -0.4 is 54.0 Å². The third-order valence-electron chi connectivity index (χ3n) is 24.2. The van der Waals surface area contributed by atoms with Crippen LogP contribution in [-0.2, 0) is 0 Å². The molecule has 0 amide bonds. The number of nitrogens with zero attached hydrogens (tertiary/aromatic N) is 24. The molecule has 16 aromatic heterocycles. The molecule has 0 fully saturated rings. The summed E-state index contributed by atoms with van der Waals surface area (Å²) in [5.74, 6) is 7.05. The number of rotatable bonds is 21. The van der Waals surface area contributed by atoms with Crippen molar-refractivity contribution >= 4 is 217 Å². The first kappa shape index (κ1) is 115. The molecule has 16 rings (SSSR count). The van der Waals surface area contributed by atoms with Gasteiger partial charge in [0.2, 0.25) is 43.6 Å². The van der Waals surface area contributed by atoms with Crippen molar-refractivity contribution in [3.8, 4) is 0 Å². The third-order valence-corrected chi connectivity index (χ3v) is 25.2. The molecule has 0 aliphatic heterocycles. The van der Waals surface area contributed by atoms with Gasteiger partial charge in [-0.1, -0.05) is 215 Å². The first-order valence-corrected chi connectivity index (χ1v) is 50.0. The van der Waals surface area contributed by atoms with Gasteiger partial charge in [0.05, 0.1) is 50.6 Å². The van der Waals surface area contributed by atoms with E-state index in [9.17, 15) is 0 Å². The van der Waals surface area contributed by atoms with E-state index in [-0.39, 0.29) is 117 Å². The van der Waals surface area contributed by atoms with Gasteiger partial charge in [0.1, 0.15) is 44.1 Å². The van der Waals surface area contributed by atoms with Gasteiger partial charge in [-0.05, 0) is 165 Å². The number of aromatic nitrogens is 32. The van der Waals surface area contributed by atoms with Crippen molar-refractivity contribution in [2.45, 2.75) is 303 Å². The maximum absolute atomic E-state index is 5.94. The van der Waals surface area contributed by atoms with Crippen molar-refractivity contribution in [3.05, 3.63) is 82.3 Å². The highest BCUT2D eigenvalue weighted by Gasteiger charge is 2.34. The highest BCUT2D eigenvalue weighted by molar-refractivity contribution is 6.30. The van der Waals surface area contributed by atoms with Crippen LogP contribution in [0.3, 0.4) is 0 Å². The molecule has 48 heteroatoms. The predicted molar refractivity (Wildman–Crippen MR) is 585 cm³/mol. The molecule has 16 aromatic rings. The number of H-pyrrole nitrogens is 8. The summed E-state index contributed by atoms with van der Waals surface area (Å²) in [6.45, 7) is 74.0. The van der Waals surface area contributed by atoms with Crippen molar-refractivity contribution in [3.63, 3.8) is 0 Å². The second-order valence-electron chi connectivity index (χ2n) is 44.3. The second-order valence-corrected chi connectivity index (χ2v) is 46.3. The Balaban J connectivity index is 0.000000182. The summed E-state index contributed by atoms with van der Waals surface area (Å²) in [6.07, 6.45) is 15.8. The van der Waals surface area contributed by atoms with Crippen molar-refractivity contribution in [1.82, 2.24) is 159 Å². The molecule has 143 heavy (non-hydrogen) atoms. The Morgan fingerprint density at radius 1 is 0.224 bits per heavy atom. The molecule has 0 aromatic carbocycles. The van der Waals surface area contributed by atoms with Crippen LogP contribution in [0.5, 0.6) is 0 Å². The highest BCUT2D eigenvalue weighted by atomic mass is 35.5. The van der Waals surface area contributed by atoms with E-state index in [1.165, 1.54) is 0 Å². The Morgan fingerprint density at radius 3 is 0.545 bits per heavy atom.